The number of ether oxygens (including phenoxy) is 2. The third-order valence-corrected chi connectivity index (χ3v) is 1.13. The molecule has 0 N–H and O–H groups in total. The van der Waals surface area contributed by atoms with Crippen LogP contribution in [-0.4, -0.2) is 19.5 Å². The average molecular weight is 167 g/mol. The maximum absolute atomic E-state index is 5.13. The summed E-state index contributed by atoms with van der Waals surface area (Å²) in [6.45, 7) is 5.47. The Labute approximate surface area is 66.7 Å². The molecule has 1 heterocycles. The second-order valence-corrected chi connectivity index (χ2v) is 2.15. The minimum absolute atomic E-state index is 0. The van der Waals surface area contributed by atoms with E-state index in [0.717, 1.165) is 13.2 Å². The summed E-state index contributed by atoms with van der Waals surface area (Å²) in [6, 6.07) is 0. The number of hydrogen-bond donors (Lipinski definition) is 0. The molecular weight excluding hydrogens is 156 g/mol. The van der Waals surface area contributed by atoms with Gasteiger partial charge in [-0.15, -0.1) is 0 Å². The molecule has 1 rings (SSSR count). The van der Waals surface area contributed by atoms with Gasteiger partial charge in [0.1, 0.15) is 6.29 Å². The molecule has 0 aromatic rings. The van der Waals surface area contributed by atoms with Crippen LogP contribution in [0.4, 0.5) is 0 Å². The molecule has 0 saturated carbocycles. The Bertz CT molecular complexity index is 59.5. The normalized spacial score (nSPS) is 23.3. The van der Waals surface area contributed by atoms with Crippen LogP contribution in [0.2, 0.25) is 0 Å². The van der Waals surface area contributed by atoms with E-state index in [1.165, 1.54) is 5.92 Å². The molecule has 9 heavy (non-hydrogen) atoms. The Kier molecular flexibility index (Phi) is 4.51. The predicted molar refractivity (Wildman–Crippen MR) is 30.3 cm³/mol. The molecule has 1 aliphatic rings. The quantitative estimate of drug-likeness (QED) is 0.500. The maximum atomic E-state index is 5.13. The van der Waals surface area contributed by atoms with Crippen molar-refractivity contribution in [2.75, 3.05) is 13.2 Å². The largest absolute Gasteiger partial charge is 0.385 e. The van der Waals surface area contributed by atoms with Crippen molar-refractivity contribution in [2.24, 2.45) is 0 Å². The molecule has 0 aromatic heterocycles. The zero-order valence-corrected chi connectivity index (χ0v) is 6.99. The molecule has 0 amide bonds. The SMILES string of the molecule is C[C-]1COC(C)OC1.[Cr]. The van der Waals surface area contributed by atoms with E-state index >= 15 is 0 Å². The minimum Gasteiger partial charge on any atom is -0.385 e. The van der Waals surface area contributed by atoms with E-state index in [4.69, 9.17) is 9.47 Å². The summed E-state index contributed by atoms with van der Waals surface area (Å²) in [5.74, 6) is 1.27. The Morgan fingerprint density at radius 3 is 2.11 bits per heavy atom. The fourth-order valence-electron chi connectivity index (χ4n) is 0.609. The van der Waals surface area contributed by atoms with Gasteiger partial charge in [-0.1, -0.05) is 13.2 Å². The van der Waals surface area contributed by atoms with Gasteiger partial charge >= 0.3 is 0 Å². The Morgan fingerprint density at radius 2 is 1.78 bits per heavy atom. The Morgan fingerprint density at radius 1 is 1.33 bits per heavy atom. The molecule has 0 unspecified atom stereocenters. The number of rotatable bonds is 0. The van der Waals surface area contributed by atoms with Gasteiger partial charge in [-0.3, -0.25) is 5.92 Å². The first kappa shape index (κ1) is 9.45. The molecule has 1 saturated heterocycles. The van der Waals surface area contributed by atoms with E-state index in [0.29, 0.717) is 0 Å². The summed E-state index contributed by atoms with van der Waals surface area (Å²) < 4.78 is 10.3. The van der Waals surface area contributed by atoms with E-state index in [1.54, 1.807) is 0 Å². The van der Waals surface area contributed by atoms with Crippen molar-refractivity contribution in [1.29, 1.82) is 0 Å². The average Bonchev–Trinajstić information content (AvgIpc) is 1.77. The van der Waals surface area contributed by atoms with Crippen molar-refractivity contribution in [3.8, 4) is 0 Å². The molecule has 2 nitrogen and oxygen atoms in total. The van der Waals surface area contributed by atoms with Gasteiger partial charge in [0.05, 0.1) is 0 Å². The maximum Gasteiger partial charge on any atom is 0.148 e. The second-order valence-electron chi connectivity index (χ2n) is 2.15. The van der Waals surface area contributed by atoms with Gasteiger partial charge in [-0.05, 0) is 6.92 Å². The zero-order valence-electron chi connectivity index (χ0n) is 5.72. The molecule has 3 heteroatoms. The van der Waals surface area contributed by atoms with Crippen molar-refractivity contribution in [3.05, 3.63) is 5.92 Å². The molecule has 0 aliphatic carbocycles. The molecule has 1 aliphatic heterocycles. The molecular formula is C6H11CrO2-. The van der Waals surface area contributed by atoms with Crippen molar-refractivity contribution in [1.82, 2.24) is 0 Å². The first-order valence-corrected chi connectivity index (χ1v) is 2.83. The van der Waals surface area contributed by atoms with Gasteiger partial charge in [-0.2, -0.15) is 6.92 Å². The van der Waals surface area contributed by atoms with E-state index in [2.05, 4.69) is 0 Å². The summed E-state index contributed by atoms with van der Waals surface area (Å²) >= 11 is 0. The first-order valence-electron chi connectivity index (χ1n) is 2.83. The fourth-order valence-corrected chi connectivity index (χ4v) is 0.609. The molecule has 0 bridgehead atoms. The summed E-state index contributed by atoms with van der Waals surface area (Å²) in [6.07, 6.45) is -0.00120. The summed E-state index contributed by atoms with van der Waals surface area (Å²) in [4.78, 5) is 0. The van der Waals surface area contributed by atoms with Crippen molar-refractivity contribution in [2.45, 2.75) is 20.1 Å². The van der Waals surface area contributed by atoms with Gasteiger partial charge in [0, 0.05) is 17.4 Å². The van der Waals surface area contributed by atoms with Crippen LogP contribution in [0.1, 0.15) is 13.8 Å². The van der Waals surface area contributed by atoms with Crippen LogP contribution in [0, 0.1) is 5.92 Å². The van der Waals surface area contributed by atoms with Crippen molar-refractivity contribution in [3.63, 3.8) is 0 Å². The molecule has 0 aromatic carbocycles. The standard InChI is InChI=1S/C6H11O2.Cr/c1-5-3-7-6(2)8-4-5;/h6H,3-4H2,1-2H3;/q-1;. The van der Waals surface area contributed by atoms with Gasteiger partial charge in [0.15, 0.2) is 0 Å². The first-order chi connectivity index (χ1) is 3.79. The van der Waals surface area contributed by atoms with Gasteiger partial charge in [0.2, 0.25) is 0 Å². The van der Waals surface area contributed by atoms with Crippen LogP contribution in [-0.2, 0) is 26.8 Å². The molecule has 0 spiro atoms. The topological polar surface area (TPSA) is 18.5 Å². The van der Waals surface area contributed by atoms with Crippen LogP contribution in [0.3, 0.4) is 0 Å². The van der Waals surface area contributed by atoms with Crippen LogP contribution >= 0.6 is 0 Å². The van der Waals surface area contributed by atoms with Crippen molar-refractivity contribution < 1.29 is 26.8 Å². The van der Waals surface area contributed by atoms with Crippen LogP contribution in [0.5, 0.6) is 0 Å². The van der Waals surface area contributed by atoms with Crippen LogP contribution in [0.15, 0.2) is 0 Å². The Hall–Kier alpha value is 0.452. The fraction of sp³-hybridized carbons (Fsp3) is 0.833. The molecule has 54 valence electrons. The molecule has 0 atom stereocenters. The third kappa shape index (κ3) is 3.22. The zero-order chi connectivity index (χ0) is 5.98. The Balaban J connectivity index is 0.000000640. The van der Waals surface area contributed by atoms with E-state index < -0.39 is 0 Å². The monoisotopic (exact) mass is 167 g/mol. The summed E-state index contributed by atoms with van der Waals surface area (Å²) in [5.41, 5.74) is 0. The summed E-state index contributed by atoms with van der Waals surface area (Å²) in [7, 11) is 0. The van der Waals surface area contributed by atoms with Gasteiger partial charge in [0.25, 0.3) is 0 Å². The molecule has 1 fully saturated rings. The van der Waals surface area contributed by atoms with Crippen molar-refractivity contribution >= 4 is 0 Å². The van der Waals surface area contributed by atoms with E-state index in [-0.39, 0.29) is 23.7 Å². The number of hydrogen-bond acceptors (Lipinski definition) is 2. The smallest absolute Gasteiger partial charge is 0.148 e. The second kappa shape index (κ2) is 4.30. The van der Waals surface area contributed by atoms with E-state index in [9.17, 15) is 0 Å². The van der Waals surface area contributed by atoms with E-state index in [1.807, 2.05) is 13.8 Å². The minimum atomic E-state index is -0.00120. The van der Waals surface area contributed by atoms with Gasteiger partial charge in [-0.25, -0.2) is 0 Å². The predicted octanol–water partition coefficient (Wildman–Crippen LogP) is 0.971. The van der Waals surface area contributed by atoms with Crippen LogP contribution in [0.25, 0.3) is 0 Å². The summed E-state index contributed by atoms with van der Waals surface area (Å²) in [5, 5.41) is 0. The third-order valence-electron chi connectivity index (χ3n) is 1.13. The van der Waals surface area contributed by atoms with Gasteiger partial charge < -0.3 is 9.47 Å². The molecule has 0 radical (unpaired) electrons. The van der Waals surface area contributed by atoms with Crippen LogP contribution < -0.4 is 0 Å².